The van der Waals surface area contributed by atoms with Gasteiger partial charge in [-0.3, -0.25) is 0 Å². The lowest BCUT2D eigenvalue weighted by atomic mass is 10.0. The first-order valence-corrected chi connectivity index (χ1v) is 7.17. The molecule has 1 aliphatic heterocycles. The lowest BCUT2D eigenvalue weighted by Gasteiger charge is -2.22. The highest BCUT2D eigenvalue weighted by Crippen LogP contribution is 2.45. The fraction of sp³-hybridized carbons (Fsp3) is 0.769. The highest BCUT2D eigenvalue weighted by atomic mass is 32.1. The Balaban J connectivity index is 1.74. The summed E-state index contributed by atoms with van der Waals surface area (Å²) in [5.74, 6) is 0.736. The molecule has 2 heterocycles. The average Bonchev–Trinajstić information content (AvgIpc) is 2.88. The van der Waals surface area contributed by atoms with Crippen molar-refractivity contribution in [2.75, 3.05) is 0 Å². The summed E-state index contributed by atoms with van der Waals surface area (Å²) in [5, 5.41) is 3.26. The normalized spacial score (nSPS) is 39.5. The van der Waals surface area contributed by atoms with Crippen LogP contribution < -0.4 is 0 Å². The molecule has 1 aromatic rings. The van der Waals surface area contributed by atoms with E-state index >= 15 is 0 Å². The van der Waals surface area contributed by atoms with Crippen molar-refractivity contribution in [1.29, 1.82) is 0 Å². The molecule has 0 amide bonds. The summed E-state index contributed by atoms with van der Waals surface area (Å²) in [6, 6.07) is 0. The molecule has 94 valence electrons. The van der Waals surface area contributed by atoms with Gasteiger partial charge in [0.2, 0.25) is 0 Å². The van der Waals surface area contributed by atoms with Crippen LogP contribution in [0, 0.1) is 11.8 Å². The van der Waals surface area contributed by atoms with E-state index in [1.54, 1.807) is 11.3 Å². The van der Waals surface area contributed by atoms with Crippen molar-refractivity contribution in [3.8, 4) is 0 Å². The van der Waals surface area contributed by atoms with Gasteiger partial charge in [0, 0.05) is 18.0 Å². The van der Waals surface area contributed by atoms with Crippen molar-refractivity contribution in [3.05, 3.63) is 16.6 Å². The van der Waals surface area contributed by atoms with Crippen LogP contribution in [0.5, 0.6) is 0 Å². The SMILES string of the molecule is C[C@@H]1C[C@H](Cc2nccs2)[C@H]2OC(C)(C)O[C@H]21. The summed E-state index contributed by atoms with van der Waals surface area (Å²) in [5.41, 5.74) is 0. The fourth-order valence-electron chi connectivity index (χ4n) is 3.15. The third-order valence-corrected chi connectivity index (χ3v) is 4.59. The Kier molecular flexibility index (Phi) is 2.76. The molecule has 0 N–H and O–H groups in total. The lowest BCUT2D eigenvalue weighted by molar-refractivity contribution is -0.160. The number of rotatable bonds is 2. The van der Waals surface area contributed by atoms with Gasteiger partial charge in [-0.2, -0.15) is 0 Å². The summed E-state index contributed by atoms with van der Waals surface area (Å²) in [7, 11) is 0. The summed E-state index contributed by atoms with van der Waals surface area (Å²) in [6.45, 7) is 6.29. The zero-order valence-electron chi connectivity index (χ0n) is 10.6. The first-order chi connectivity index (χ1) is 8.05. The van der Waals surface area contributed by atoms with Crippen molar-refractivity contribution in [2.24, 2.45) is 11.8 Å². The van der Waals surface area contributed by atoms with Gasteiger partial charge in [0.05, 0.1) is 17.2 Å². The van der Waals surface area contributed by atoms with E-state index in [4.69, 9.17) is 9.47 Å². The van der Waals surface area contributed by atoms with E-state index < -0.39 is 5.79 Å². The van der Waals surface area contributed by atoms with Crippen LogP contribution >= 0.6 is 11.3 Å². The largest absolute Gasteiger partial charge is 0.344 e. The topological polar surface area (TPSA) is 31.4 Å². The molecule has 1 saturated carbocycles. The third-order valence-electron chi connectivity index (χ3n) is 3.78. The monoisotopic (exact) mass is 253 g/mol. The van der Waals surface area contributed by atoms with Crippen molar-refractivity contribution < 1.29 is 9.47 Å². The summed E-state index contributed by atoms with van der Waals surface area (Å²) in [4.78, 5) is 4.38. The number of hydrogen-bond acceptors (Lipinski definition) is 4. The smallest absolute Gasteiger partial charge is 0.163 e. The maximum atomic E-state index is 6.06. The van der Waals surface area contributed by atoms with Crippen molar-refractivity contribution in [2.45, 2.75) is 51.6 Å². The van der Waals surface area contributed by atoms with Crippen LogP contribution in [0.4, 0.5) is 0 Å². The van der Waals surface area contributed by atoms with E-state index in [1.165, 1.54) is 11.4 Å². The fourth-order valence-corrected chi connectivity index (χ4v) is 3.86. The minimum atomic E-state index is -0.412. The van der Waals surface area contributed by atoms with Crippen molar-refractivity contribution in [1.82, 2.24) is 4.98 Å². The van der Waals surface area contributed by atoms with Gasteiger partial charge < -0.3 is 9.47 Å². The maximum Gasteiger partial charge on any atom is 0.163 e. The molecular weight excluding hydrogens is 234 g/mol. The van der Waals surface area contributed by atoms with E-state index in [0.717, 1.165) is 6.42 Å². The minimum Gasteiger partial charge on any atom is -0.344 e. The Labute approximate surface area is 106 Å². The zero-order valence-corrected chi connectivity index (χ0v) is 11.4. The predicted molar refractivity (Wildman–Crippen MR) is 66.9 cm³/mol. The maximum absolute atomic E-state index is 6.06. The lowest BCUT2D eigenvalue weighted by Crippen LogP contribution is -2.26. The second-order valence-electron chi connectivity index (χ2n) is 5.67. The van der Waals surface area contributed by atoms with Crippen LogP contribution in [0.1, 0.15) is 32.2 Å². The Bertz CT molecular complexity index is 390. The highest BCUT2D eigenvalue weighted by molar-refractivity contribution is 7.09. The van der Waals surface area contributed by atoms with Crippen molar-refractivity contribution in [3.63, 3.8) is 0 Å². The molecule has 1 aromatic heterocycles. The number of hydrogen-bond donors (Lipinski definition) is 0. The molecule has 0 unspecified atom stereocenters. The third kappa shape index (κ3) is 2.14. The van der Waals surface area contributed by atoms with Gasteiger partial charge in [-0.05, 0) is 32.1 Å². The molecule has 17 heavy (non-hydrogen) atoms. The van der Waals surface area contributed by atoms with Gasteiger partial charge in [0.15, 0.2) is 5.79 Å². The summed E-state index contributed by atoms with van der Waals surface area (Å²) >= 11 is 1.74. The number of thiazole rings is 1. The number of ether oxygens (including phenoxy) is 2. The number of fused-ring (bicyclic) bond motifs is 1. The van der Waals surface area contributed by atoms with E-state index in [9.17, 15) is 0 Å². The van der Waals surface area contributed by atoms with E-state index in [1.807, 2.05) is 25.4 Å². The first-order valence-electron chi connectivity index (χ1n) is 6.29. The Hall–Kier alpha value is -0.450. The minimum absolute atomic E-state index is 0.254. The average molecular weight is 253 g/mol. The molecule has 3 nitrogen and oxygen atoms in total. The Morgan fingerprint density at radius 2 is 2.18 bits per heavy atom. The van der Waals surface area contributed by atoms with Crippen LogP contribution in [0.2, 0.25) is 0 Å². The van der Waals surface area contributed by atoms with Gasteiger partial charge in [-0.1, -0.05) is 6.92 Å². The second kappa shape index (κ2) is 4.04. The Morgan fingerprint density at radius 3 is 2.88 bits per heavy atom. The molecule has 0 bridgehead atoms. The molecule has 2 fully saturated rings. The molecule has 0 spiro atoms. The molecule has 0 aromatic carbocycles. The standard InChI is InChI=1S/C13H19NO2S/c1-8-6-9(7-10-14-4-5-17-10)12-11(8)15-13(2,3)16-12/h4-5,8-9,11-12H,6-7H2,1-3H3/t8-,9-,11+,12-/m1/s1. The van der Waals surface area contributed by atoms with E-state index in [-0.39, 0.29) is 12.2 Å². The number of nitrogens with zero attached hydrogens (tertiary/aromatic N) is 1. The van der Waals surface area contributed by atoms with Crippen molar-refractivity contribution >= 4 is 11.3 Å². The molecule has 0 radical (unpaired) electrons. The van der Waals surface area contributed by atoms with E-state index in [0.29, 0.717) is 11.8 Å². The van der Waals surface area contributed by atoms with Gasteiger partial charge in [0.1, 0.15) is 0 Å². The van der Waals surface area contributed by atoms with Gasteiger partial charge in [-0.15, -0.1) is 11.3 Å². The van der Waals surface area contributed by atoms with Gasteiger partial charge >= 0.3 is 0 Å². The molecule has 4 atom stereocenters. The second-order valence-corrected chi connectivity index (χ2v) is 6.65. The van der Waals surface area contributed by atoms with Gasteiger partial charge in [0.25, 0.3) is 0 Å². The van der Waals surface area contributed by atoms with Crippen LogP contribution in [0.25, 0.3) is 0 Å². The summed E-state index contributed by atoms with van der Waals surface area (Å²) < 4.78 is 12.1. The quantitative estimate of drug-likeness (QED) is 0.812. The van der Waals surface area contributed by atoms with Crippen LogP contribution in [-0.2, 0) is 15.9 Å². The first kappa shape index (κ1) is 11.6. The van der Waals surface area contributed by atoms with Crippen LogP contribution in [0.15, 0.2) is 11.6 Å². The zero-order chi connectivity index (χ0) is 12.0. The molecule has 3 rings (SSSR count). The van der Waals surface area contributed by atoms with Crippen LogP contribution in [-0.4, -0.2) is 23.0 Å². The molecule has 1 saturated heterocycles. The Morgan fingerprint density at radius 1 is 1.41 bits per heavy atom. The molecule has 1 aliphatic carbocycles. The van der Waals surface area contributed by atoms with Crippen LogP contribution in [0.3, 0.4) is 0 Å². The molecule has 4 heteroatoms. The summed E-state index contributed by atoms with van der Waals surface area (Å²) in [6.07, 6.45) is 4.62. The number of aromatic nitrogens is 1. The molecular formula is C13H19NO2S. The molecule has 2 aliphatic rings. The van der Waals surface area contributed by atoms with E-state index in [2.05, 4.69) is 11.9 Å². The predicted octanol–water partition coefficient (Wildman–Crippen LogP) is 2.86. The highest BCUT2D eigenvalue weighted by Gasteiger charge is 2.52. The van der Waals surface area contributed by atoms with Gasteiger partial charge in [-0.25, -0.2) is 4.98 Å².